The summed E-state index contributed by atoms with van der Waals surface area (Å²) in [7, 11) is 0. The number of aromatic carboxylic acids is 1. The molecular formula is C28H36O2. The molecule has 1 N–H and O–H groups in total. The second kappa shape index (κ2) is 8.06. The topological polar surface area (TPSA) is 37.3 Å². The molecule has 0 unspecified atom stereocenters. The molecule has 0 fully saturated rings. The SMILES string of the molecule is C/C(=C\c1ccc(C(=O)O)cc1)c1cc2c(cc1CCC(C)C)C(C)(C)CC2(C)C. The number of hydrogen-bond donors (Lipinski definition) is 1. The third-order valence-corrected chi connectivity index (χ3v) is 6.54. The van der Waals surface area contributed by atoms with Crippen molar-refractivity contribution in [3.05, 3.63) is 69.8 Å². The number of hydrogen-bond acceptors (Lipinski definition) is 1. The molecule has 0 aliphatic heterocycles. The molecule has 0 aromatic heterocycles. The van der Waals surface area contributed by atoms with Crippen LogP contribution in [-0.2, 0) is 17.3 Å². The van der Waals surface area contributed by atoms with Gasteiger partial charge >= 0.3 is 5.97 Å². The number of carboxylic acids is 1. The normalized spacial score (nSPS) is 17.3. The summed E-state index contributed by atoms with van der Waals surface area (Å²) < 4.78 is 0. The van der Waals surface area contributed by atoms with E-state index in [0.29, 0.717) is 11.5 Å². The molecule has 2 nitrogen and oxygen atoms in total. The first-order chi connectivity index (χ1) is 13.9. The fraction of sp³-hybridized carbons (Fsp3) is 0.464. The van der Waals surface area contributed by atoms with Crippen LogP contribution in [0.3, 0.4) is 0 Å². The minimum Gasteiger partial charge on any atom is -0.478 e. The van der Waals surface area contributed by atoms with Crippen LogP contribution in [-0.4, -0.2) is 11.1 Å². The van der Waals surface area contributed by atoms with Crippen LogP contribution in [0, 0.1) is 5.92 Å². The van der Waals surface area contributed by atoms with Gasteiger partial charge in [0.05, 0.1) is 5.56 Å². The van der Waals surface area contributed by atoms with Crippen LogP contribution in [0.1, 0.15) is 99.5 Å². The van der Waals surface area contributed by atoms with E-state index < -0.39 is 5.97 Å². The van der Waals surface area contributed by atoms with E-state index >= 15 is 0 Å². The lowest BCUT2D eigenvalue weighted by Gasteiger charge is -2.22. The first-order valence-electron chi connectivity index (χ1n) is 11.1. The van der Waals surface area contributed by atoms with Gasteiger partial charge in [-0.15, -0.1) is 0 Å². The lowest BCUT2D eigenvalue weighted by atomic mass is 9.82. The van der Waals surface area contributed by atoms with Crippen molar-refractivity contribution in [3.8, 4) is 0 Å². The highest BCUT2D eigenvalue weighted by atomic mass is 16.4. The van der Waals surface area contributed by atoms with Gasteiger partial charge in [-0.05, 0) is 88.5 Å². The maximum Gasteiger partial charge on any atom is 0.335 e. The van der Waals surface area contributed by atoms with Crippen molar-refractivity contribution in [3.63, 3.8) is 0 Å². The van der Waals surface area contributed by atoms with Crippen molar-refractivity contribution < 1.29 is 9.90 Å². The summed E-state index contributed by atoms with van der Waals surface area (Å²) in [5, 5.41) is 9.14. The number of benzene rings is 2. The lowest BCUT2D eigenvalue weighted by Crippen LogP contribution is -2.18. The number of fused-ring (bicyclic) bond motifs is 1. The summed E-state index contributed by atoms with van der Waals surface area (Å²) in [6, 6.07) is 12.1. The van der Waals surface area contributed by atoms with Gasteiger partial charge in [0.2, 0.25) is 0 Å². The second-order valence-corrected chi connectivity index (χ2v) is 10.7. The van der Waals surface area contributed by atoms with Gasteiger partial charge in [-0.25, -0.2) is 4.79 Å². The Kier molecular flexibility index (Phi) is 6.00. The third-order valence-electron chi connectivity index (χ3n) is 6.54. The average Bonchev–Trinajstić information content (AvgIpc) is 2.83. The molecule has 2 aromatic rings. The van der Waals surface area contributed by atoms with Crippen LogP contribution in [0.4, 0.5) is 0 Å². The van der Waals surface area contributed by atoms with Crippen LogP contribution in [0.5, 0.6) is 0 Å². The molecule has 3 rings (SSSR count). The summed E-state index contributed by atoms with van der Waals surface area (Å²) >= 11 is 0. The van der Waals surface area contributed by atoms with Crippen LogP contribution in [0.2, 0.25) is 0 Å². The molecule has 0 amide bonds. The van der Waals surface area contributed by atoms with E-state index in [2.05, 4.69) is 66.7 Å². The number of carbonyl (C=O) groups is 1. The predicted octanol–water partition coefficient (Wildman–Crippen LogP) is 7.49. The lowest BCUT2D eigenvalue weighted by molar-refractivity contribution is 0.0697. The maximum absolute atomic E-state index is 11.1. The molecule has 0 saturated heterocycles. The zero-order chi connectivity index (χ0) is 22.3. The summed E-state index contributed by atoms with van der Waals surface area (Å²) in [5.74, 6) is -0.218. The number of aryl methyl sites for hydroxylation is 1. The number of rotatable bonds is 6. The Morgan fingerprint density at radius 3 is 2.13 bits per heavy atom. The number of carboxylic acid groups (broad SMARTS) is 1. The van der Waals surface area contributed by atoms with E-state index in [1.807, 2.05) is 12.1 Å². The van der Waals surface area contributed by atoms with Crippen molar-refractivity contribution in [2.45, 2.75) is 78.6 Å². The Balaban J connectivity index is 2.08. The van der Waals surface area contributed by atoms with Gasteiger partial charge in [-0.2, -0.15) is 0 Å². The molecule has 160 valence electrons. The molecule has 1 aliphatic rings. The predicted molar refractivity (Wildman–Crippen MR) is 127 cm³/mol. The highest BCUT2D eigenvalue weighted by Crippen LogP contribution is 2.50. The van der Waals surface area contributed by atoms with E-state index in [9.17, 15) is 4.79 Å². The molecule has 2 aromatic carbocycles. The van der Waals surface area contributed by atoms with Gasteiger partial charge in [0.1, 0.15) is 0 Å². The van der Waals surface area contributed by atoms with E-state index in [1.165, 1.54) is 40.7 Å². The standard InChI is InChI=1S/C28H36O2/c1-18(2)8-11-22-15-24-25(28(6,7)17-27(24,4)5)16-23(22)19(3)14-20-9-12-21(13-10-20)26(29)30/h9-10,12-16,18H,8,11,17H2,1-7H3,(H,29,30)/b19-14+. The summed E-state index contributed by atoms with van der Waals surface area (Å²) in [5.41, 5.74) is 8.73. The smallest absolute Gasteiger partial charge is 0.335 e. The van der Waals surface area contributed by atoms with Crippen molar-refractivity contribution in [2.24, 2.45) is 5.92 Å². The second-order valence-electron chi connectivity index (χ2n) is 10.7. The molecule has 0 radical (unpaired) electrons. The summed E-state index contributed by atoms with van der Waals surface area (Å²) in [6.45, 7) is 16.2. The van der Waals surface area contributed by atoms with Gasteiger partial charge in [0, 0.05) is 0 Å². The van der Waals surface area contributed by atoms with E-state index in [-0.39, 0.29) is 10.8 Å². The van der Waals surface area contributed by atoms with Crippen LogP contribution < -0.4 is 0 Å². The molecule has 30 heavy (non-hydrogen) atoms. The van der Waals surface area contributed by atoms with Crippen LogP contribution in [0.15, 0.2) is 36.4 Å². The minimum absolute atomic E-state index is 0.174. The first kappa shape index (κ1) is 22.3. The van der Waals surface area contributed by atoms with Crippen molar-refractivity contribution >= 4 is 17.6 Å². The van der Waals surface area contributed by atoms with E-state index in [4.69, 9.17) is 5.11 Å². The summed E-state index contributed by atoms with van der Waals surface area (Å²) in [4.78, 5) is 11.1. The molecule has 0 bridgehead atoms. The Morgan fingerprint density at radius 1 is 1.03 bits per heavy atom. The van der Waals surface area contributed by atoms with Crippen LogP contribution >= 0.6 is 0 Å². The molecule has 2 heteroatoms. The Bertz CT molecular complexity index is 972. The molecule has 0 spiro atoms. The molecule has 0 saturated carbocycles. The van der Waals surface area contributed by atoms with E-state index in [1.54, 1.807) is 12.1 Å². The van der Waals surface area contributed by atoms with Gasteiger partial charge < -0.3 is 5.11 Å². The van der Waals surface area contributed by atoms with Gasteiger partial charge in [-0.1, -0.05) is 71.9 Å². The van der Waals surface area contributed by atoms with Crippen molar-refractivity contribution in [1.82, 2.24) is 0 Å². The average molecular weight is 405 g/mol. The fourth-order valence-corrected chi connectivity index (χ4v) is 5.13. The highest BCUT2D eigenvalue weighted by molar-refractivity contribution is 5.88. The van der Waals surface area contributed by atoms with Gasteiger partial charge in [0.25, 0.3) is 0 Å². The zero-order valence-electron chi connectivity index (χ0n) is 19.6. The monoisotopic (exact) mass is 404 g/mol. The van der Waals surface area contributed by atoms with Gasteiger partial charge in [-0.3, -0.25) is 0 Å². The zero-order valence-corrected chi connectivity index (χ0v) is 19.6. The summed E-state index contributed by atoms with van der Waals surface area (Å²) in [6.07, 6.45) is 5.61. The van der Waals surface area contributed by atoms with Crippen LogP contribution in [0.25, 0.3) is 11.6 Å². The maximum atomic E-state index is 11.1. The molecule has 0 atom stereocenters. The highest BCUT2D eigenvalue weighted by Gasteiger charge is 2.42. The van der Waals surface area contributed by atoms with E-state index in [0.717, 1.165) is 12.0 Å². The first-order valence-corrected chi connectivity index (χ1v) is 11.1. The van der Waals surface area contributed by atoms with Crippen molar-refractivity contribution in [1.29, 1.82) is 0 Å². The third kappa shape index (κ3) is 4.53. The molecule has 0 heterocycles. The Labute approximate surface area is 182 Å². The fourth-order valence-electron chi connectivity index (χ4n) is 5.13. The quantitative estimate of drug-likeness (QED) is 0.506. The minimum atomic E-state index is -0.887. The molecular weight excluding hydrogens is 368 g/mol. The number of allylic oxidation sites excluding steroid dienone is 1. The van der Waals surface area contributed by atoms with Crippen molar-refractivity contribution in [2.75, 3.05) is 0 Å². The van der Waals surface area contributed by atoms with Gasteiger partial charge in [0.15, 0.2) is 0 Å². The Hall–Kier alpha value is -2.35. The largest absolute Gasteiger partial charge is 0.478 e. The molecule has 1 aliphatic carbocycles. The Morgan fingerprint density at radius 2 is 1.60 bits per heavy atom.